The van der Waals surface area contributed by atoms with E-state index in [1.165, 1.54) is 270 Å². The van der Waals surface area contributed by atoms with Crippen molar-refractivity contribution in [3.05, 3.63) is 48.6 Å². The van der Waals surface area contributed by atoms with Crippen LogP contribution >= 0.6 is 7.82 Å². The summed E-state index contributed by atoms with van der Waals surface area (Å²) >= 11 is 0. The van der Waals surface area contributed by atoms with Crippen molar-refractivity contribution in [1.29, 1.82) is 0 Å². The molecular formula is C75H143N2O7P. The molecule has 0 aliphatic rings. The van der Waals surface area contributed by atoms with Crippen LogP contribution < -0.4 is 10.2 Å². The van der Waals surface area contributed by atoms with Gasteiger partial charge in [0.25, 0.3) is 7.82 Å². The van der Waals surface area contributed by atoms with E-state index in [2.05, 4.69) is 62.5 Å². The lowest BCUT2D eigenvalue weighted by atomic mass is 10.0. The topological polar surface area (TPSA) is 114 Å². The van der Waals surface area contributed by atoms with Crippen molar-refractivity contribution < 1.29 is 37.3 Å². The first kappa shape index (κ1) is 83.0. The summed E-state index contributed by atoms with van der Waals surface area (Å²) in [5.74, 6) is -0.525. The molecule has 0 aromatic carbocycles. The van der Waals surface area contributed by atoms with Crippen molar-refractivity contribution in [2.75, 3.05) is 40.9 Å². The third-order valence-electron chi connectivity index (χ3n) is 16.7. The number of likely N-dealkylation sites (N-methyl/N-ethyl adjacent to an activating group) is 1. The summed E-state index contributed by atoms with van der Waals surface area (Å²) in [5, 5.41) is 3.05. The van der Waals surface area contributed by atoms with Gasteiger partial charge in [0.05, 0.1) is 33.8 Å². The van der Waals surface area contributed by atoms with Gasteiger partial charge in [-0.2, -0.15) is 0 Å². The monoisotopic (exact) mass is 1220 g/mol. The molecule has 0 rings (SSSR count). The summed E-state index contributed by atoms with van der Waals surface area (Å²) < 4.78 is 30.5. The van der Waals surface area contributed by atoms with Crippen LogP contribution in [0.2, 0.25) is 0 Å². The minimum atomic E-state index is -4.70. The second-order valence-corrected chi connectivity index (χ2v) is 27.9. The van der Waals surface area contributed by atoms with E-state index >= 15 is 0 Å². The van der Waals surface area contributed by atoms with Gasteiger partial charge in [-0.1, -0.05) is 314 Å². The minimum Gasteiger partial charge on any atom is -0.756 e. The zero-order valence-corrected chi connectivity index (χ0v) is 58.2. The largest absolute Gasteiger partial charge is 0.756 e. The number of esters is 1. The molecule has 0 aromatic rings. The Morgan fingerprint density at radius 3 is 1.09 bits per heavy atom. The number of carbonyl (C=O) groups is 2. The maximum Gasteiger partial charge on any atom is 0.306 e. The Hall–Kier alpha value is -2.03. The van der Waals surface area contributed by atoms with Gasteiger partial charge < -0.3 is 28.5 Å². The van der Waals surface area contributed by atoms with E-state index in [0.717, 1.165) is 64.2 Å². The van der Waals surface area contributed by atoms with E-state index in [9.17, 15) is 19.0 Å². The highest BCUT2D eigenvalue weighted by molar-refractivity contribution is 7.45. The van der Waals surface area contributed by atoms with Gasteiger partial charge in [0.15, 0.2) is 0 Å². The van der Waals surface area contributed by atoms with E-state index in [1.54, 1.807) is 0 Å². The molecular weight excluding hydrogens is 1070 g/mol. The lowest BCUT2D eigenvalue weighted by Crippen LogP contribution is -2.47. The number of hydrogen-bond acceptors (Lipinski definition) is 7. The molecule has 0 radical (unpaired) electrons. The summed E-state index contributed by atoms with van der Waals surface area (Å²) in [6.45, 7) is 6.86. The predicted molar refractivity (Wildman–Crippen MR) is 367 cm³/mol. The Morgan fingerprint density at radius 2 is 0.718 bits per heavy atom. The van der Waals surface area contributed by atoms with Gasteiger partial charge in [-0.3, -0.25) is 14.2 Å². The fraction of sp³-hybridized carbons (Fsp3) is 0.867. The number of phosphoric ester groups is 1. The molecule has 0 fully saturated rings. The maximum atomic E-state index is 13.6. The highest BCUT2D eigenvalue weighted by Gasteiger charge is 2.27. The van der Waals surface area contributed by atoms with E-state index in [0.29, 0.717) is 17.4 Å². The number of rotatable bonds is 68. The molecule has 0 heterocycles. The number of carbonyl (C=O) groups excluding carboxylic acids is 2. The third kappa shape index (κ3) is 66.2. The molecule has 85 heavy (non-hydrogen) atoms. The molecule has 1 amide bonds. The van der Waals surface area contributed by atoms with E-state index < -0.39 is 20.0 Å². The van der Waals surface area contributed by atoms with Crippen LogP contribution in [-0.4, -0.2) is 69.4 Å². The summed E-state index contributed by atoms with van der Waals surface area (Å²) in [7, 11) is 1.20. The van der Waals surface area contributed by atoms with Crippen molar-refractivity contribution in [2.24, 2.45) is 0 Å². The first-order valence-corrected chi connectivity index (χ1v) is 38.4. The van der Waals surface area contributed by atoms with Crippen LogP contribution in [0.25, 0.3) is 0 Å². The molecule has 0 saturated heterocycles. The summed E-state index contributed by atoms with van der Waals surface area (Å²) in [6, 6.07) is -0.887. The molecule has 0 bridgehead atoms. The van der Waals surface area contributed by atoms with Crippen LogP contribution in [0.1, 0.15) is 367 Å². The second kappa shape index (κ2) is 64.9. The third-order valence-corrected chi connectivity index (χ3v) is 17.7. The predicted octanol–water partition coefficient (Wildman–Crippen LogP) is 22.9. The Labute approximate surface area is 529 Å². The zero-order valence-electron chi connectivity index (χ0n) is 57.3. The number of ether oxygens (including phenoxy) is 1. The van der Waals surface area contributed by atoms with Gasteiger partial charge in [0, 0.05) is 12.8 Å². The van der Waals surface area contributed by atoms with Crippen LogP contribution in [0.5, 0.6) is 0 Å². The number of hydrogen-bond donors (Lipinski definition) is 1. The molecule has 0 saturated carbocycles. The lowest BCUT2D eigenvalue weighted by molar-refractivity contribution is -0.870. The average molecular weight is 1220 g/mol. The summed E-state index contributed by atoms with van der Waals surface area (Å²) in [4.78, 5) is 40.2. The Kier molecular flexibility index (Phi) is 63.4. The molecule has 3 atom stereocenters. The van der Waals surface area contributed by atoms with Crippen molar-refractivity contribution in [3.8, 4) is 0 Å². The van der Waals surface area contributed by atoms with Crippen LogP contribution in [0.4, 0.5) is 0 Å². The number of amides is 1. The van der Waals surface area contributed by atoms with Gasteiger partial charge in [-0.05, 0) is 89.5 Å². The number of nitrogens with one attached hydrogen (secondary N) is 1. The maximum absolute atomic E-state index is 13.6. The Balaban J connectivity index is 4.93. The molecule has 9 nitrogen and oxygen atoms in total. The Morgan fingerprint density at radius 1 is 0.412 bits per heavy atom. The van der Waals surface area contributed by atoms with E-state index in [4.69, 9.17) is 13.8 Å². The highest BCUT2D eigenvalue weighted by atomic mass is 31.2. The number of phosphoric acid groups is 1. The van der Waals surface area contributed by atoms with Gasteiger partial charge in [0.2, 0.25) is 5.91 Å². The summed E-state index contributed by atoms with van der Waals surface area (Å²) in [6.07, 6.45) is 82.5. The number of unbranched alkanes of at least 4 members (excludes halogenated alkanes) is 46. The quantitative estimate of drug-likeness (QED) is 0.0212. The van der Waals surface area contributed by atoms with Gasteiger partial charge in [-0.15, -0.1) is 0 Å². The van der Waals surface area contributed by atoms with Crippen LogP contribution in [0.3, 0.4) is 0 Å². The zero-order chi connectivity index (χ0) is 62.1. The fourth-order valence-corrected chi connectivity index (χ4v) is 11.7. The van der Waals surface area contributed by atoms with Crippen LogP contribution in [0.15, 0.2) is 48.6 Å². The van der Waals surface area contributed by atoms with Gasteiger partial charge >= 0.3 is 5.97 Å². The van der Waals surface area contributed by atoms with E-state index in [-0.39, 0.29) is 31.5 Å². The van der Waals surface area contributed by atoms with Crippen molar-refractivity contribution in [2.45, 2.75) is 380 Å². The highest BCUT2D eigenvalue weighted by Crippen LogP contribution is 2.38. The number of quaternary nitrogens is 1. The first-order chi connectivity index (χ1) is 41.4. The van der Waals surface area contributed by atoms with Crippen molar-refractivity contribution in [1.82, 2.24) is 5.32 Å². The average Bonchev–Trinajstić information content (AvgIpc) is 3.59. The molecule has 0 spiro atoms. The number of nitrogens with zero attached hydrogens (tertiary/aromatic N) is 1. The standard InChI is InChI=1S/C75H143N2O7P/c1-7-10-13-16-19-22-25-27-29-31-33-35-36-37-38-39-40-42-44-46-48-50-53-56-59-62-65-68-75(79)84-73(66-63-60-57-54-51-24-21-18-15-12-9-3)72(71-83-85(80,81)82-70-69-77(4,5)6)76-74(78)67-64-61-58-55-52-49-47-45-43-41-34-32-30-28-26-23-20-17-14-11-8-2/h19,22,27-30,63,66,72-73H,7-18,20-21,23-26,31-62,64-65,67-71H2,1-6H3,(H-,76,78,80,81)/b22-19-,29-27-,30-28+,66-63-. The van der Waals surface area contributed by atoms with Gasteiger partial charge in [0.1, 0.15) is 19.3 Å². The van der Waals surface area contributed by atoms with Crippen molar-refractivity contribution >= 4 is 19.7 Å². The van der Waals surface area contributed by atoms with Crippen LogP contribution in [0, 0.1) is 0 Å². The number of allylic oxidation sites excluding steroid dienone is 7. The van der Waals surface area contributed by atoms with Crippen LogP contribution in [-0.2, 0) is 27.9 Å². The van der Waals surface area contributed by atoms with Gasteiger partial charge in [-0.25, -0.2) is 0 Å². The molecule has 0 aliphatic heterocycles. The summed E-state index contributed by atoms with van der Waals surface area (Å²) in [5.41, 5.74) is 0. The minimum absolute atomic E-state index is 0.0205. The van der Waals surface area contributed by atoms with Crippen molar-refractivity contribution in [3.63, 3.8) is 0 Å². The smallest absolute Gasteiger partial charge is 0.306 e. The molecule has 3 unspecified atom stereocenters. The molecule has 1 N–H and O–H groups in total. The van der Waals surface area contributed by atoms with E-state index in [1.807, 2.05) is 33.3 Å². The second-order valence-electron chi connectivity index (χ2n) is 26.4. The first-order valence-electron chi connectivity index (χ1n) is 36.9. The molecule has 0 aliphatic carbocycles. The normalized spacial score (nSPS) is 13.7. The fourth-order valence-electron chi connectivity index (χ4n) is 11.0. The SMILES string of the molecule is CCCCC/C=C\C/C=C\CCCCCCCCCCCCCCCCCCCC(=O)OC(/C=C\CCCCCCCCCCC)C(COP(=O)([O-])OCC[N+](C)(C)C)NC(=O)CCCCCCCCCCCCC/C=C/CCCCCCCC. The Bertz CT molecular complexity index is 1590. The molecule has 10 heteroatoms. The molecule has 0 aromatic heterocycles. The molecule has 500 valence electrons. The lowest BCUT2D eigenvalue weighted by Gasteiger charge is -2.30.